The Kier molecular flexibility index (Phi) is 2.44. The highest BCUT2D eigenvalue weighted by molar-refractivity contribution is 7.00. The third-order valence-electron chi connectivity index (χ3n) is 8.46. The van der Waals surface area contributed by atoms with Gasteiger partial charge in [0, 0.05) is 41.1 Å². The molecule has 7 aromatic rings. The maximum absolute atomic E-state index is 8.23. The van der Waals surface area contributed by atoms with Gasteiger partial charge in [0.15, 0.2) is 0 Å². The molecule has 168 valence electrons. The Morgan fingerprint density at radius 1 is 0.639 bits per heavy atom. The largest absolute Gasteiger partial charge is 0.310 e. The lowest BCUT2D eigenvalue weighted by atomic mass is 9.34. The van der Waals surface area contributed by atoms with Crippen molar-refractivity contribution in [3.05, 3.63) is 102 Å². The van der Waals surface area contributed by atoms with Crippen molar-refractivity contribution >= 4 is 66.7 Å². The van der Waals surface area contributed by atoms with Gasteiger partial charge in [0.25, 0.3) is 6.71 Å². The van der Waals surface area contributed by atoms with Crippen molar-refractivity contribution in [3.8, 4) is 11.4 Å². The molecule has 0 aliphatic carbocycles. The minimum absolute atomic E-state index is 0.278. The number of rotatable bonds is 0. The molecule has 3 heteroatoms. The number of aromatic nitrogens is 2. The number of benzene rings is 5. The number of hydrogen-bond donors (Lipinski definition) is 0. The lowest BCUT2D eigenvalue weighted by Gasteiger charge is -2.33. The van der Waals surface area contributed by atoms with E-state index in [1.807, 2.05) is 36.4 Å². The van der Waals surface area contributed by atoms with E-state index in [2.05, 4.69) is 52.5 Å². The second-order valence-electron chi connectivity index (χ2n) is 10.2. The van der Waals surface area contributed by atoms with Gasteiger partial charge in [0.2, 0.25) is 0 Å². The lowest BCUT2D eigenvalue weighted by molar-refractivity contribution is 1.16. The first-order valence-electron chi connectivity index (χ1n) is 15.3. The molecule has 0 saturated carbocycles. The van der Waals surface area contributed by atoms with Crippen LogP contribution in [0.4, 0.5) is 0 Å². The molecule has 2 nitrogen and oxygen atoms in total. The van der Waals surface area contributed by atoms with E-state index < -0.39 is 13.7 Å². The number of nitrogens with zero attached hydrogens (tertiary/aromatic N) is 2. The molecule has 5 aromatic carbocycles. The summed E-state index contributed by atoms with van der Waals surface area (Å²) in [6.45, 7) is -2.69. The zero-order valence-corrected chi connectivity index (χ0v) is 19.6. The number of hydrogen-bond acceptors (Lipinski definition) is 0. The highest BCUT2D eigenvalue weighted by Crippen LogP contribution is 2.43. The highest BCUT2D eigenvalue weighted by Gasteiger charge is 2.41. The van der Waals surface area contributed by atoms with Crippen molar-refractivity contribution in [2.45, 2.75) is 20.6 Å². The van der Waals surface area contributed by atoms with Crippen molar-refractivity contribution in [1.82, 2.24) is 9.13 Å². The predicted molar refractivity (Wildman–Crippen MR) is 154 cm³/mol. The molecule has 0 saturated heterocycles. The second kappa shape index (κ2) is 6.11. The van der Waals surface area contributed by atoms with E-state index in [0.717, 1.165) is 60.6 Å². The Balaban J connectivity index is 1.60. The summed E-state index contributed by atoms with van der Waals surface area (Å²) < 4.78 is 54.0. The first kappa shape index (κ1) is 14.4. The van der Waals surface area contributed by atoms with Gasteiger partial charge in [-0.2, -0.15) is 0 Å². The van der Waals surface area contributed by atoms with E-state index in [0.29, 0.717) is 0 Å². The minimum Gasteiger partial charge on any atom is -0.310 e. The van der Waals surface area contributed by atoms with Crippen molar-refractivity contribution < 1.29 is 8.22 Å². The molecule has 0 N–H and O–H groups in total. The summed E-state index contributed by atoms with van der Waals surface area (Å²) in [6, 6.07) is 27.7. The molecule has 0 spiro atoms. The van der Waals surface area contributed by atoms with E-state index in [1.54, 1.807) is 12.1 Å². The van der Waals surface area contributed by atoms with Gasteiger partial charge >= 0.3 is 0 Å². The molecule has 0 fully saturated rings. The molecule has 4 heterocycles. The Hall–Kier alpha value is -4.24. The molecule has 0 atom stereocenters. The fourth-order valence-corrected chi connectivity index (χ4v) is 7.22. The molecule has 2 aliphatic heterocycles. The van der Waals surface area contributed by atoms with Crippen molar-refractivity contribution in [2.75, 3.05) is 0 Å². The third-order valence-corrected chi connectivity index (χ3v) is 8.46. The van der Waals surface area contributed by atoms with Crippen molar-refractivity contribution in [2.24, 2.45) is 0 Å². The standard InChI is InChI=1S/C33H23BN2/c1-18-12-14-27-23(16-18)34-24-17-19(2)13-15-28(24)36-26-11-7-5-9-22(26)30-20(3)29-21-8-4-6-10-25(21)35(27)32(29)31(34)33(30)36/h4-17H,1-3H3/i1D3,2D3. The smallest absolute Gasteiger partial charge is 0.252 e. The van der Waals surface area contributed by atoms with Crippen LogP contribution in [0.1, 0.15) is 24.9 Å². The fraction of sp³-hybridized carbons (Fsp3) is 0.0909. The summed E-state index contributed by atoms with van der Waals surface area (Å²) in [5.41, 5.74) is 10.8. The fourth-order valence-electron chi connectivity index (χ4n) is 7.22. The van der Waals surface area contributed by atoms with Crippen LogP contribution in [0.25, 0.3) is 55.0 Å². The first-order valence-corrected chi connectivity index (χ1v) is 12.3. The van der Waals surface area contributed by atoms with Crippen LogP contribution in [-0.2, 0) is 0 Å². The van der Waals surface area contributed by atoms with Crippen LogP contribution in [0.2, 0.25) is 0 Å². The summed E-state index contributed by atoms with van der Waals surface area (Å²) in [6.07, 6.45) is 0. The summed E-state index contributed by atoms with van der Waals surface area (Å²) in [5.74, 6) is 0. The molecular formula is C33H23BN2. The van der Waals surface area contributed by atoms with Gasteiger partial charge in [-0.3, -0.25) is 0 Å². The van der Waals surface area contributed by atoms with E-state index in [1.165, 1.54) is 16.3 Å². The molecule has 0 unspecified atom stereocenters. The number of fused-ring (bicyclic) bond motifs is 12. The Morgan fingerprint density at radius 3 is 1.64 bits per heavy atom. The topological polar surface area (TPSA) is 9.86 Å². The maximum atomic E-state index is 8.23. The summed E-state index contributed by atoms with van der Waals surface area (Å²) in [4.78, 5) is 0. The molecule has 2 aromatic heterocycles. The first-order chi connectivity index (χ1) is 20.1. The van der Waals surface area contributed by atoms with Gasteiger partial charge in [0.05, 0.1) is 22.1 Å². The number of para-hydroxylation sites is 2. The van der Waals surface area contributed by atoms with Crippen LogP contribution in [0.5, 0.6) is 0 Å². The molecule has 0 radical (unpaired) electrons. The summed E-state index contributed by atoms with van der Waals surface area (Å²) in [5, 5.41) is 4.66. The summed E-state index contributed by atoms with van der Waals surface area (Å²) >= 11 is 0. The van der Waals surface area contributed by atoms with Crippen LogP contribution in [-0.4, -0.2) is 15.8 Å². The highest BCUT2D eigenvalue weighted by atomic mass is 15.0. The maximum Gasteiger partial charge on any atom is 0.252 e. The van der Waals surface area contributed by atoms with E-state index in [9.17, 15) is 0 Å². The average molecular weight is 464 g/mol. The number of aryl methyl sites for hydroxylation is 3. The minimum atomic E-state index is -2.28. The zero-order chi connectivity index (χ0) is 28.9. The van der Waals surface area contributed by atoms with Gasteiger partial charge in [-0.25, -0.2) is 0 Å². The molecule has 0 amide bonds. The van der Waals surface area contributed by atoms with Gasteiger partial charge in [-0.15, -0.1) is 0 Å². The van der Waals surface area contributed by atoms with Crippen LogP contribution < -0.4 is 16.4 Å². The SMILES string of the molecule is [2H]C([2H])([2H])c1ccc2c(c1)B1c3cc(C([2H])([2H])[2H])ccc3-n3c4ccccc4c4c(C)c5c6ccccc6n-2c5c1c43. The van der Waals surface area contributed by atoms with Crippen molar-refractivity contribution in [1.29, 1.82) is 0 Å². The Labute approximate surface area is 217 Å². The molecule has 36 heavy (non-hydrogen) atoms. The normalized spacial score (nSPS) is 16.5. The van der Waals surface area contributed by atoms with Crippen LogP contribution in [0.3, 0.4) is 0 Å². The predicted octanol–water partition coefficient (Wildman–Crippen LogP) is 5.95. The van der Waals surface area contributed by atoms with E-state index in [4.69, 9.17) is 8.22 Å². The summed E-state index contributed by atoms with van der Waals surface area (Å²) in [7, 11) is 0. The lowest BCUT2D eigenvalue weighted by Crippen LogP contribution is -2.59. The van der Waals surface area contributed by atoms with Crippen LogP contribution in [0, 0.1) is 20.6 Å². The van der Waals surface area contributed by atoms with Crippen molar-refractivity contribution in [3.63, 3.8) is 0 Å². The second-order valence-corrected chi connectivity index (χ2v) is 10.2. The Bertz CT molecular complexity index is 2200. The molecular weight excluding hydrogens is 435 g/mol. The van der Waals surface area contributed by atoms with Gasteiger partial charge in [-0.05, 0) is 66.8 Å². The zero-order valence-electron chi connectivity index (χ0n) is 25.6. The molecule has 9 rings (SSSR count). The molecule has 2 aliphatic rings. The van der Waals surface area contributed by atoms with Gasteiger partial charge in [0.1, 0.15) is 0 Å². The third kappa shape index (κ3) is 1.97. The van der Waals surface area contributed by atoms with Crippen LogP contribution in [0.15, 0.2) is 84.9 Å². The quantitative estimate of drug-likeness (QED) is 0.246. The molecule has 0 bridgehead atoms. The van der Waals surface area contributed by atoms with Crippen LogP contribution >= 0.6 is 0 Å². The van der Waals surface area contributed by atoms with E-state index in [-0.39, 0.29) is 17.8 Å². The Morgan fingerprint density at radius 2 is 1.14 bits per heavy atom. The monoisotopic (exact) mass is 464 g/mol. The van der Waals surface area contributed by atoms with E-state index >= 15 is 0 Å². The van der Waals surface area contributed by atoms with Gasteiger partial charge in [-0.1, -0.05) is 71.8 Å². The average Bonchev–Trinajstić information content (AvgIpc) is 3.49. The van der Waals surface area contributed by atoms with Gasteiger partial charge < -0.3 is 9.13 Å².